The van der Waals surface area contributed by atoms with Crippen molar-refractivity contribution in [2.45, 2.75) is 39.2 Å². The topological polar surface area (TPSA) is 151 Å². The molecule has 4 N–H and O–H groups in total. The second-order valence-electron chi connectivity index (χ2n) is 8.07. The van der Waals surface area contributed by atoms with Crippen molar-refractivity contribution in [3.63, 3.8) is 0 Å². The molecule has 0 aliphatic carbocycles. The summed E-state index contributed by atoms with van der Waals surface area (Å²) in [4.78, 5) is 57.1. The van der Waals surface area contributed by atoms with Crippen LogP contribution in [0.1, 0.15) is 33.0 Å². The molecule has 1 aromatic carbocycles. The molecule has 0 aliphatic rings. The lowest BCUT2D eigenvalue weighted by Gasteiger charge is -2.20. The fourth-order valence-electron chi connectivity index (χ4n) is 2.86. The summed E-state index contributed by atoms with van der Waals surface area (Å²) in [6, 6.07) is 3.51. The minimum absolute atomic E-state index is 0.0595. The third-order valence-corrected chi connectivity index (χ3v) is 4.28. The second-order valence-corrected chi connectivity index (χ2v) is 8.07. The monoisotopic (exact) mass is 446 g/mol. The Morgan fingerprint density at radius 3 is 2.56 bits per heavy atom. The van der Waals surface area contributed by atoms with E-state index in [0.29, 0.717) is 5.82 Å². The van der Waals surface area contributed by atoms with Gasteiger partial charge in [0.2, 0.25) is 5.91 Å². The largest absolute Gasteiger partial charge is 0.444 e. The average molecular weight is 446 g/mol. The summed E-state index contributed by atoms with van der Waals surface area (Å²) in [7, 11) is 1.46. The van der Waals surface area contributed by atoms with Crippen LogP contribution in [0.15, 0.2) is 27.8 Å². The summed E-state index contributed by atoms with van der Waals surface area (Å²) < 4.78 is 20.1. The number of aryl methyl sites for hydroxylation is 2. The first-order valence-electron chi connectivity index (χ1n) is 9.70. The third kappa shape index (κ3) is 5.39. The fraction of sp³-hybridized carbons (Fsp3) is 0.350. The minimum Gasteiger partial charge on any atom is -0.444 e. The molecule has 12 heteroatoms. The average Bonchev–Trinajstić information content (AvgIpc) is 3.10. The standard InChI is InChI=1S/C20H23FN6O5/c1-20(2,3)32-19(31)23-11-6-5-10(21)9-12(11)22-14(28)8-7-13-24-15-16(25-13)27(4)18(30)26-17(15)29/h5-6,9H,7-8H2,1-4H3,(H,22,28)(H,23,31)(H,24,25)(H,26,29,30). The highest BCUT2D eigenvalue weighted by atomic mass is 19.1. The van der Waals surface area contributed by atoms with Crippen LogP contribution in [0.25, 0.3) is 11.2 Å². The first-order valence-corrected chi connectivity index (χ1v) is 9.70. The van der Waals surface area contributed by atoms with Gasteiger partial charge in [0.1, 0.15) is 22.8 Å². The number of carbonyl (C=O) groups excluding carboxylic acids is 2. The molecule has 170 valence electrons. The molecule has 0 fully saturated rings. The van der Waals surface area contributed by atoms with Gasteiger partial charge in [-0.25, -0.2) is 19.0 Å². The molecular formula is C20H23FN6O5. The van der Waals surface area contributed by atoms with E-state index in [9.17, 15) is 23.6 Å². The van der Waals surface area contributed by atoms with E-state index < -0.39 is 34.7 Å². The molecule has 0 unspecified atom stereocenters. The third-order valence-electron chi connectivity index (χ3n) is 4.28. The molecule has 0 atom stereocenters. The molecule has 2 aromatic heterocycles. The zero-order valence-corrected chi connectivity index (χ0v) is 18.0. The predicted molar refractivity (Wildman–Crippen MR) is 115 cm³/mol. The van der Waals surface area contributed by atoms with Crippen LogP contribution in [0, 0.1) is 5.82 Å². The molecule has 3 rings (SSSR count). The maximum absolute atomic E-state index is 13.7. The zero-order valence-electron chi connectivity index (χ0n) is 18.0. The Bertz CT molecular complexity index is 1300. The number of halogens is 1. The number of anilines is 2. The second kappa shape index (κ2) is 8.65. The number of imidazole rings is 1. The lowest BCUT2D eigenvalue weighted by Crippen LogP contribution is -2.28. The number of H-pyrrole nitrogens is 2. The van der Waals surface area contributed by atoms with Crippen molar-refractivity contribution in [3.05, 3.63) is 50.7 Å². The molecule has 0 saturated heterocycles. The molecular weight excluding hydrogens is 423 g/mol. The number of ether oxygens (including phenoxy) is 1. The van der Waals surface area contributed by atoms with Gasteiger partial charge in [0.15, 0.2) is 5.65 Å². The molecule has 0 aliphatic heterocycles. The van der Waals surface area contributed by atoms with E-state index in [1.807, 2.05) is 0 Å². The molecule has 0 bridgehead atoms. The Hall–Kier alpha value is -3.96. The van der Waals surface area contributed by atoms with Gasteiger partial charge in [0.25, 0.3) is 5.56 Å². The maximum atomic E-state index is 13.7. The van der Waals surface area contributed by atoms with Crippen LogP contribution in [-0.4, -0.2) is 37.1 Å². The highest BCUT2D eigenvalue weighted by Crippen LogP contribution is 2.24. The number of hydrogen-bond donors (Lipinski definition) is 4. The van der Waals surface area contributed by atoms with Crippen LogP contribution in [-0.2, 0) is 23.0 Å². The predicted octanol–water partition coefficient (Wildman–Crippen LogP) is 2.01. The summed E-state index contributed by atoms with van der Waals surface area (Å²) in [5.74, 6) is -0.758. The van der Waals surface area contributed by atoms with Gasteiger partial charge in [0.05, 0.1) is 11.4 Å². The first-order chi connectivity index (χ1) is 14.9. The number of carbonyl (C=O) groups is 2. The van der Waals surface area contributed by atoms with Gasteiger partial charge in [-0.2, -0.15) is 0 Å². The van der Waals surface area contributed by atoms with Gasteiger partial charge in [-0.3, -0.25) is 24.5 Å². The summed E-state index contributed by atoms with van der Waals surface area (Å²) in [5, 5.41) is 5.02. The molecule has 2 amide bonds. The fourth-order valence-corrected chi connectivity index (χ4v) is 2.86. The van der Waals surface area contributed by atoms with Crippen LogP contribution < -0.4 is 21.9 Å². The molecule has 0 saturated carbocycles. The lowest BCUT2D eigenvalue weighted by molar-refractivity contribution is -0.116. The first kappa shape index (κ1) is 22.7. The normalized spacial score (nSPS) is 11.4. The van der Waals surface area contributed by atoms with Crippen molar-refractivity contribution in [2.75, 3.05) is 10.6 Å². The van der Waals surface area contributed by atoms with E-state index >= 15 is 0 Å². The van der Waals surface area contributed by atoms with Crippen molar-refractivity contribution in [1.82, 2.24) is 19.5 Å². The number of amides is 2. The number of nitrogens with one attached hydrogen (secondary N) is 4. The molecule has 0 radical (unpaired) electrons. The van der Waals surface area contributed by atoms with Gasteiger partial charge < -0.3 is 15.0 Å². The Kier molecular flexibility index (Phi) is 6.14. The number of benzene rings is 1. The highest BCUT2D eigenvalue weighted by molar-refractivity contribution is 5.97. The van der Waals surface area contributed by atoms with Crippen LogP contribution in [0.4, 0.5) is 20.6 Å². The van der Waals surface area contributed by atoms with Crippen molar-refractivity contribution in [1.29, 1.82) is 0 Å². The zero-order chi connectivity index (χ0) is 23.6. The van der Waals surface area contributed by atoms with E-state index in [2.05, 4.69) is 25.6 Å². The Balaban J connectivity index is 1.71. The van der Waals surface area contributed by atoms with E-state index in [-0.39, 0.29) is 35.4 Å². The molecule has 11 nitrogen and oxygen atoms in total. The summed E-state index contributed by atoms with van der Waals surface area (Å²) in [6.07, 6.45) is -0.690. The van der Waals surface area contributed by atoms with Crippen molar-refractivity contribution < 1.29 is 18.7 Å². The number of rotatable bonds is 5. The van der Waals surface area contributed by atoms with E-state index in [4.69, 9.17) is 4.74 Å². The van der Waals surface area contributed by atoms with E-state index in [1.165, 1.54) is 17.7 Å². The van der Waals surface area contributed by atoms with Crippen LogP contribution in [0.2, 0.25) is 0 Å². The van der Waals surface area contributed by atoms with Gasteiger partial charge >= 0.3 is 11.8 Å². The van der Waals surface area contributed by atoms with Gasteiger partial charge in [-0.15, -0.1) is 0 Å². The summed E-state index contributed by atoms with van der Waals surface area (Å²) in [6.45, 7) is 5.09. The van der Waals surface area contributed by atoms with E-state index in [1.54, 1.807) is 20.8 Å². The van der Waals surface area contributed by atoms with Crippen LogP contribution in [0.5, 0.6) is 0 Å². The Labute approximate surface area is 181 Å². The SMILES string of the molecule is Cn1c(=O)[nH]c(=O)c2[nH]c(CCC(=O)Nc3cc(F)ccc3NC(=O)OC(C)(C)C)nc21. The number of aromatic nitrogens is 4. The van der Waals surface area contributed by atoms with Gasteiger partial charge in [-0.05, 0) is 39.0 Å². The summed E-state index contributed by atoms with van der Waals surface area (Å²) in [5.41, 5.74) is -1.42. The maximum Gasteiger partial charge on any atom is 0.412 e. The lowest BCUT2D eigenvalue weighted by atomic mass is 10.2. The number of nitrogens with zero attached hydrogens (tertiary/aromatic N) is 2. The summed E-state index contributed by atoms with van der Waals surface area (Å²) >= 11 is 0. The highest BCUT2D eigenvalue weighted by Gasteiger charge is 2.18. The molecule has 0 spiro atoms. The van der Waals surface area contributed by atoms with Crippen molar-refractivity contribution >= 4 is 34.5 Å². The quantitative estimate of drug-likeness (QED) is 0.471. The number of fused-ring (bicyclic) bond motifs is 1. The van der Waals surface area contributed by atoms with Crippen molar-refractivity contribution in [3.8, 4) is 0 Å². The molecule has 2 heterocycles. The number of hydrogen-bond acceptors (Lipinski definition) is 6. The van der Waals surface area contributed by atoms with Crippen LogP contribution in [0.3, 0.4) is 0 Å². The Morgan fingerprint density at radius 1 is 1.16 bits per heavy atom. The number of aromatic amines is 2. The minimum atomic E-state index is -0.752. The van der Waals surface area contributed by atoms with Gasteiger partial charge in [0, 0.05) is 19.9 Å². The Morgan fingerprint density at radius 2 is 1.88 bits per heavy atom. The van der Waals surface area contributed by atoms with E-state index in [0.717, 1.165) is 12.1 Å². The van der Waals surface area contributed by atoms with Crippen LogP contribution >= 0.6 is 0 Å². The smallest absolute Gasteiger partial charge is 0.412 e. The molecule has 3 aromatic rings. The van der Waals surface area contributed by atoms with Gasteiger partial charge in [-0.1, -0.05) is 0 Å². The molecule has 32 heavy (non-hydrogen) atoms. The van der Waals surface area contributed by atoms with Crippen molar-refractivity contribution in [2.24, 2.45) is 7.05 Å².